The first-order valence-corrected chi connectivity index (χ1v) is 4.35. The van der Waals surface area contributed by atoms with Gasteiger partial charge in [0.15, 0.2) is 0 Å². The molecule has 0 spiro atoms. The van der Waals surface area contributed by atoms with E-state index in [9.17, 15) is 9.59 Å². The molecule has 0 fully saturated rings. The third-order valence-electron chi connectivity index (χ3n) is 1.22. The lowest BCUT2D eigenvalue weighted by molar-refractivity contribution is -0.139. The van der Waals surface area contributed by atoms with Gasteiger partial charge in [0.25, 0.3) is 0 Å². The van der Waals surface area contributed by atoms with Gasteiger partial charge in [0, 0.05) is 12.8 Å². The number of unbranched alkanes of at least 4 members (excludes halogenated alkanes) is 1. The van der Waals surface area contributed by atoms with Crippen LogP contribution in [0.15, 0.2) is 25.7 Å². The maximum atomic E-state index is 9.90. The zero-order valence-corrected chi connectivity index (χ0v) is 8.52. The van der Waals surface area contributed by atoms with E-state index in [1.54, 1.807) is 0 Å². The van der Waals surface area contributed by atoms with E-state index in [4.69, 9.17) is 10.2 Å². The van der Waals surface area contributed by atoms with Crippen LogP contribution in [0.5, 0.6) is 0 Å². The van der Waals surface area contributed by atoms with Gasteiger partial charge in [-0.3, -0.25) is 9.59 Å². The molecule has 0 aromatic heterocycles. The Morgan fingerprint density at radius 1 is 1.00 bits per heavy atom. The van der Waals surface area contributed by atoms with Crippen LogP contribution in [0, 0.1) is 0 Å². The molecule has 5 nitrogen and oxygen atoms in total. The van der Waals surface area contributed by atoms with Crippen molar-refractivity contribution in [3.8, 4) is 0 Å². The topological polar surface area (TPSA) is 83.8 Å². The smallest absolute Gasteiger partial charge is 0.303 e. The van der Waals surface area contributed by atoms with Gasteiger partial charge in [-0.2, -0.15) is 0 Å². The number of ether oxygens (including phenoxy) is 1. The average molecular weight is 216 g/mol. The Bertz CT molecular complexity index is 188. The quantitative estimate of drug-likeness (QED) is 0.502. The van der Waals surface area contributed by atoms with Gasteiger partial charge in [0.2, 0.25) is 0 Å². The molecule has 86 valence electrons. The largest absolute Gasteiger partial charge is 0.481 e. The maximum absolute atomic E-state index is 9.90. The second kappa shape index (κ2) is 12.2. The SMILES string of the molecule is C=COC=C.O=C(O)CCCCC(=O)O. The molecular formula is C10H16O5. The van der Waals surface area contributed by atoms with Crippen molar-refractivity contribution in [3.05, 3.63) is 25.7 Å². The number of carbonyl (C=O) groups is 2. The van der Waals surface area contributed by atoms with Gasteiger partial charge in [0.1, 0.15) is 0 Å². The highest BCUT2D eigenvalue weighted by Gasteiger charge is 1.99. The van der Waals surface area contributed by atoms with Crippen LogP contribution >= 0.6 is 0 Å². The van der Waals surface area contributed by atoms with Gasteiger partial charge in [0.05, 0.1) is 12.5 Å². The lowest BCUT2D eigenvalue weighted by atomic mass is 10.2. The Balaban J connectivity index is 0. The van der Waals surface area contributed by atoms with Crippen molar-refractivity contribution in [2.24, 2.45) is 0 Å². The molecule has 0 aliphatic heterocycles. The summed E-state index contributed by atoms with van der Waals surface area (Å²) in [6, 6.07) is 0. The molecule has 0 aliphatic rings. The molecular weight excluding hydrogens is 200 g/mol. The van der Waals surface area contributed by atoms with Crippen LogP contribution < -0.4 is 0 Å². The predicted octanol–water partition coefficient (Wildman–Crippen LogP) is 2.01. The Morgan fingerprint density at radius 3 is 1.47 bits per heavy atom. The van der Waals surface area contributed by atoms with Crippen molar-refractivity contribution < 1.29 is 24.5 Å². The van der Waals surface area contributed by atoms with Crippen LogP contribution in [0.3, 0.4) is 0 Å². The molecule has 0 aliphatic carbocycles. The molecule has 0 saturated heterocycles. The van der Waals surface area contributed by atoms with E-state index in [0.29, 0.717) is 12.8 Å². The Hall–Kier alpha value is -1.78. The van der Waals surface area contributed by atoms with E-state index in [1.807, 2.05) is 0 Å². The fourth-order valence-electron chi connectivity index (χ4n) is 0.620. The molecule has 0 aromatic rings. The first-order valence-electron chi connectivity index (χ1n) is 4.35. The van der Waals surface area contributed by atoms with Gasteiger partial charge in [-0.1, -0.05) is 13.2 Å². The molecule has 0 unspecified atom stereocenters. The van der Waals surface area contributed by atoms with E-state index in [-0.39, 0.29) is 12.8 Å². The molecule has 0 aromatic carbocycles. The number of hydrogen-bond donors (Lipinski definition) is 2. The summed E-state index contributed by atoms with van der Waals surface area (Å²) in [5, 5.41) is 16.3. The van der Waals surface area contributed by atoms with Crippen molar-refractivity contribution in [1.29, 1.82) is 0 Å². The van der Waals surface area contributed by atoms with Crippen LogP contribution in [-0.2, 0) is 14.3 Å². The predicted molar refractivity (Wildman–Crippen MR) is 55.2 cm³/mol. The summed E-state index contributed by atoms with van der Waals surface area (Å²) in [7, 11) is 0. The molecule has 0 radical (unpaired) electrons. The van der Waals surface area contributed by atoms with Gasteiger partial charge >= 0.3 is 11.9 Å². The highest BCUT2D eigenvalue weighted by molar-refractivity contribution is 5.67. The Labute approximate surface area is 88.7 Å². The van der Waals surface area contributed by atoms with Crippen LogP contribution in [0.4, 0.5) is 0 Å². The summed E-state index contributed by atoms with van der Waals surface area (Å²) in [5.74, 6) is -1.74. The van der Waals surface area contributed by atoms with Gasteiger partial charge in [-0.25, -0.2) is 0 Å². The van der Waals surface area contributed by atoms with Crippen LogP contribution in [-0.4, -0.2) is 22.2 Å². The van der Waals surface area contributed by atoms with Crippen LogP contribution in [0.25, 0.3) is 0 Å². The minimum Gasteiger partial charge on any atom is -0.481 e. The van der Waals surface area contributed by atoms with E-state index >= 15 is 0 Å². The normalized spacial score (nSPS) is 8.00. The molecule has 0 bridgehead atoms. The lowest BCUT2D eigenvalue weighted by Crippen LogP contribution is -1.97. The summed E-state index contributed by atoms with van der Waals surface area (Å²) in [5.41, 5.74) is 0. The lowest BCUT2D eigenvalue weighted by Gasteiger charge is -1.92. The van der Waals surface area contributed by atoms with Crippen molar-refractivity contribution in [2.75, 3.05) is 0 Å². The molecule has 5 heteroatoms. The van der Waals surface area contributed by atoms with Crippen molar-refractivity contribution in [3.63, 3.8) is 0 Å². The zero-order chi connectivity index (χ0) is 12.1. The number of rotatable bonds is 7. The average Bonchev–Trinajstić information content (AvgIpc) is 2.14. The van der Waals surface area contributed by atoms with Gasteiger partial charge in [-0.05, 0) is 12.8 Å². The summed E-state index contributed by atoms with van der Waals surface area (Å²) in [6.07, 6.45) is 3.64. The highest BCUT2D eigenvalue weighted by Crippen LogP contribution is 1.98. The minimum atomic E-state index is -0.870. The molecule has 15 heavy (non-hydrogen) atoms. The van der Waals surface area contributed by atoms with Crippen molar-refractivity contribution in [1.82, 2.24) is 0 Å². The maximum Gasteiger partial charge on any atom is 0.303 e. The first-order chi connectivity index (χ1) is 7.04. The molecule has 0 heterocycles. The van der Waals surface area contributed by atoms with E-state index in [1.165, 1.54) is 12.5 Å². The summed E-state index contributed by atoms with van der Waals surface area (Å²) >= 11 is 0. The van der Waals surface area contributed by atoms with E-state index < -0.39 is 11.9 Å². The standard InChI is InChI=1S/C6H10O4.C4H6O/c7-5(8)3-1-2-4-6(9)10;1-3-5-4-2/h1-4H2,(H,7,8)(H,9,10);3-4H,1-2H2. The fraction of sp³-hybridized carbons (Fsp3) is 0.400. The van der Waals surface area contributed by atoms with Crippen molar-refractivity contribution in [2.45, 2.75) is 25.7 Å². The van der Waals surface area contributed by atoms with Crippen LogP contribution in [0.1, 0.15) is 25.7 Å². The van der Waals surface area contributed by atoms with Gasteiger partial charge in [-0.15, -0.1) is 0 Å². The van der Waals surface area contributed by atoms with E-state index in [0.717, 1.165) is 0 Å². The number of hydrogen-bond acceptors (Lipinski definition) is 3. The zero-order valence-electron chi connectivity index (χ0n) is 8.52. The number of carboxylic acid groups (broad SMARTS) is 2. The fourth-order valence-corrected chi connectivity index (χ4v) is 0.620. The summed E-state index contributed by atoms with van der Waals surface area (Å²) < 4.78 is 4.36. The molecule has 2 N–H and O–H groups in total. The minimum absolute atomic E-state index is 0.0628. The number of carboxylic acids is 2. The third kappa shape index (κ3) is 24.5. The molecule has 0 atom stereocenters. The number of aliphatic carboxylic acids is 2. The second-order valence-corrected chi connectivity index (χ2v) is 2.46. The highest BCUT2D eigenvalue weighted by atomic mass is 16.5. The van der Waals surface area contributed by atoms with E-state index in [2.05, 4.69) is 17.9 Å². The van der Waals surface area contributed by atoms with Crippen LogP contribution in [0.2, 0.25) is 0 Å². The molecule has 0 rings (SSSR count). The van der Waals surface area contributed by atoms with Gasteiger partial charge < -0.3 is 14.9 Å². The third-order valence-corrected chi connectivity index (χ3v) is 1.22. The first kappa shape index (κ1) is 15.7. The monoisotopic (exact) mass is 216 g/mol. The Morgan fingerprint density at radius 2 is 1.33 bits per heavy atom. The summed E-state index contributed by atoms with van der Waals surface area (Å²) in [6.45, 7) is 6.51. The second-order valence-electron chi connectivity index (χ2n) is 2.46. The van der Waals surface area contributed by atoms with Crippen molar-refractivity contribution >= 4 is 11.9 Å². The molecule has 0 saturated carbocycles. The molecule has 0 amide bonds. The summed E-state index contributed by atoms with van der Waals surface area (Å²) in [4.78, 5) is 19.8. The Kier molecular flexibility index (Phi) is 12.8.